The Morgan fingerprint density at radius 3 is 2.86 bits per heavy atom. The summed E-state index contributed by atoms with van der Waals surface area (Å²) >= 11 is 0. The number of carbonyl (C=O) groups excluding carboxylic acids is 1. The maximum absolute atomic E-state index is 13.0. The lowest BCUT2D eigenvalue weighted by molar-refractivity contribution is 0.0709. The van der Waals surface area contributed by atoms with Crippen LogP contribution in [0.15, 0.2) is 42.7 Å². The molecule has 152 valence electrons. The lowest BCUT2D eigenvalue weighted by Gasteiger charge is -2.37. The molecule has 0 spiro atoms. The third-order valence-electron chi connectivity index (χ3n) is 5.30. The number of benzene rings is 1. The largest absolute Gasteiger partial charge is 0.485 e. The predicted molar refractivity (Wildman–Crippen MR) is 114 cm³/mol. The van der Waals surface area contributed by atoms with Gasteiger partial charge in [0.15, 0.2) is 5.65 Å². The zero-order chi connectivity index (χ0) is 20.5. The summed E-state index contributed by atoms with van der Waals surface area (Å²) in [7, 11) is 1.81. The molecule has 4 rings (SSSR count). The number of hydrogen-bond donors (Lipinski definition) is 0. The molecule has 0 bridgehead atoms. The van der Waals surface area contributed by atoms with Crippen LogP contribution in [0.1, 0.15) is 37.2 Å². The third-order valence-corrected chi connectivity index (χ3v) is 5.30. The first-order chi connectivity index (χ1) is 14.0. The molecule has 7 heteroatoms. The Morgan fingerprint density at radius 2 is 2.10 bits per heavy atom. The molecule has 0 aliphatic carbocycles. The molecule has 3 aromatic rings. The van der Waals surface area contributed by atoms with Crippen molar-refractivity contribution < 1.29 is 9.53 Å². The van der Waals surface area contributed by atoms with Gasteiger partial charge in [-0.2, -0.15) is 5.10 Å². The SMILES string of the molecule is CCN1CC(CN(C)C(=O)c2cnc3c(cnn3C(C)C)c2)Oc2ccccc21. The summed E-state index contributed by atoms with van der Waals surface area (Å²) in [5, 5.41) is 5.25. The Morgan fingerprint density at radius 1 is 1.31 bits per heavy atom. The molecule has 3 heterocycles. The quantitative estimate of drug-likeness (QED) is 0.665. The molecule has 0 N–H and O–H groups in total. The topological polar surface area (TPSA) is 63.5 Å². The number of carbonyl (C=O) groups is 1. The van der Waals surface area contributed by atoms with Crippen LogP contribution in [-0.4, -0.2) is 58.4 Å². The van der Waals surface area contributed by atoms with Crippen molar-refractivity contribution in [3.8, 4) is 5.75 Å². The highest BCUT2D eigenvalue weighted by Crippen LogP contribution is 2.33. The standard InChI is InChI=1S/C22H27N5O2/c1-5-26-14-18(29-20-9-7-6-8-19(20)26)13-25(4)22(28)17-10-16-12-24-27(15(2)3)21(16)23-11-17/h6-12,15,18H,5,13-14H2,1-4H3. The molecule has 7 nitrogen and oxygen atoms in total. The fraction of sp³-hybridized carbons (Fsp3) is 0.409. The maximum atomic E-state index is 13.0. The van der Waals surface area contributed by atoms with E-state index in [4.69, 9.17) is 4.74 Å². The first-order valence-corrected chi connectivity index (χ1v) is 10.1. The highest BCUT2D eigenvalue weighted by atomic mass is 16.5. The molecule has 1 amide bonds. The average Bonchev–Trinajstić information content (AvgIpc) is 3.16. The molecular formula is C22H27N5O2. The Balaban J connectivity index is 1.49. The van der Waals surface area contributed by atoms with Gasteiger partial charge in [0.2, 0.25) is 0 Å². The fourth-order valence-corrected chi connectivity index (χ4v) is 3.82. The van der Waals surface area contributed by atoms with E-state index in [9.17, 15) is 4.79 Å². The van der Waals surface area contributed by atoms with E-state index < -0.39 is 0 Å². The van der Waals surface area contributed by atoms with E-state index in [-0.39, 0.29) is 18.1 Å². The minimum Gasteiger partial charge on any atom is -0.485 e. The van der Waals surface area contributed by atoms with E-state index in [2.05, 4.69) is 41.8 Å². The fourth-order valence-electron chi connectivity index (χ4n) is 3.82. The van der Waals surface area contributed by atoms with Crippen molar-refractivity contribution in [3.63, 3.8) is 0 Å². The molecule has 0 radical (unpaired) electrons. The zero-order valence-electron chi connectivity index (χ0n) is 17.4. The molecule has 1 aliphatic heterocycles. The van der Waals surface area contributed by atoms with Crippen LogP contribution < -0.4 is 9.64 Å². The zero-order valence-corrected chi connectivity index (χ0v) is 17.4. The van der Waals surface area contributed by atoms with Crippen molar-refractivity contribution in [2.75, 3.05) is 31.6 Å². The van der Waals surface area contributed by atoms with E-state index in [1.165, 1.54) is 0 Å². The van der Waals surface area contributed by atoms with Crippen LogP contribution in [0, 0.1) is 0 Å². The van der Waals surface area contributed by atoms with Crippen LogP contribution in [0.5, 0.6) is 5.75 Å². The van der Waals surface area contributed by atoms with Crippen LogP contribution in [0.4, 0.5) is 5.69 Å². The third kappa shape index (κ3) is 3.64. The number of aromatic nitrogens is 3. The van der Waals surface area contributed by atoms with E-state index in [1.54, 1.807) is 17.3 Å². The summed E-state index contributed by atoms with van der Waals surface area (Å²) in [6.45, 7) is 8.41. The Kier molecular flexibility index (Phi) is 5.13. The van der Waals surface area contributed by atoms with Crippen LogP contribution >= 0.6 is 0 Å². The normalized spacial score (nSPS) is 16.0. The summed E-state index contributed by atoms with van der Waals surface area (Å²) in [4.78, 5) is 21.5. The molecule has 0 saturated carbocycles. The van der Waals surface area contributed by atoms with Gasteiger partial charge in [-0.25, -0.2) is 9.67 Å². The van der Waals surface area contributed by atoms with E-state index >= 15 is 0 Å². The minimum absolute atomic E-state index is 0.0674. The number of hydrogen-bond acceptors (Lipinski definition) is 5. The second kappa shape index (κ2) is 7.73. The van der Waals surface area contributed by atoms with Crippen molar-refractivity contribution in [3.05, 3.63) is 48.3 Å². The second-order valence-electron chi connectivity index (χ2n) is 7.75. The summed E-state index contributed by atoms with van der Waals surface area (Å²) in [6.07, 6.45) is 3.32. The number of anilines is 1. The number of likely N-dealkylation sites (N-methyl/N-ethyl adjacent to an activating group) is 2. The molecule has 2 aromatic heterocycles. The van der Waals surface area contributed by atoms with Gasteiger partial charge in [-0.15, -0.1) is 0 Å². The van der Waals surface area contributed by atoms with Gasteiger partial charge >= 0.3 is 0 Å². The van der Waals surface area contributed by atoms with E-state index in [0.717, 1.165) is 35.6 Å². The van der Waals surface area contributed by atoms with Gasteiger partial charge in [-0.05, 0) is 39.0 Å². The molecule has 1 unspecified atom stereocenters. The molecule has 0 saturated heterocycles. The summed E-state index contributed by atoms with van der Waals surface area (Å²) < 4.78 is 8.02. The lowest BCUT2D eigenvalue weighted by atomic mass is 10.1. The van der Waals surface area contributed by atoms with Gasteiger partial charge < -0.3 is 14.5 Å². The van der Waals surface area contributed by atoms with Crippen molar-refractivity contribution in [1.29, 1.82) is 0 Å². The van der Waals surface area contributed by atoms with Crippen LogP contribution in [0.25, 0.3) is 11.0 Å². The molecule has 1 aromatic carbocycles. The average molecular weight is 393 g/mol. The molecule has 29 heavy (non-hydrogen) atoms. The van der Waals surface area contributed by atoms with Gasteiger partial charge in [-0.1, -0.05) is 12.1 Å². The second-order valence-corrected chi connectivity index (χ2v) is 7.75. The van der Waals surface area contributed by atoms with Crippen molar-refractivity contribution in [2.24, 2.45) is 0 Å². The number of rotatable bonds is 5. The number of fused-ring (bicyclic) bond motifs is 2. The van der Waals surface area contributed by atoms with Crippen LogP contribution in [0.2, 0.25) is 0 Å². The highest BCUT2D eigenvalue weighted by molar-refractivity contribution is 5.96. The Bertz CT molecular complexity index is 1030. The number of nitrogens with zero attached hydrogens (tertiary/aromatic N) is 5. The monoisotopic (exact) mass is 393 g/mol. The molecule has 0 fully saturated rings. The number of amides is 1. The molecule has 1 atom stereocenters. The van der Waals surface area contributed by atoms with E-state index in [1.807, 2.05) is 36.0 Å². The minimum atomic E-state index is -0.0841. The van der Waals surface area contributed by atoms with Crippen LogP contribution in [0.3, 0.4) is 0 Å². The van der Waals surface area contributed by atoms with Crippen molar-refractivity contribution in [2.45, 2.75) is 32.9 Å². The van der Waals surface area contributed by atoms with Gasteiger partial charge in [0, 0.05) is 31.2 Å². The first kappa shape index (κ1) is 19.2. The van der Waals surface area contributed by atoms with Crippen LogP contribution in [-0.2, 0) is 0 Å². The van der Waals surface area contributed by atoms with Gasteiger partial charge in [0.25, 0.3) is 5.91 Å². The lowest BCUT2D eigenvalue weighted by Crippen LogP contribution is -2.46. The smallest absolute Gasteiger partial charge is 0.255 e. The summed E-state index contributed by atoms with van der Waals surface area (Å²) in [5.41, 5.74) is 2.47. The Hall–Kier alpha value is -3.09. The van der Waals surface area contributed by atoms with Crippen molar-refractivity contribution >= 4 is 22.6 Å². The van der Waals surface area contributed by atoms with Crippen molar-refractivity contribution in [1.82, 2.24) is 19.7 Å². The number of ether oxygens (including phenoxy) is 1. The number of para-hydroxylation sites is 2. The predicted octanol–water partition coefficient (Wildman–Crippen LogP) is 3.37. The van der Waals surface area contributed by atoms with E-state index in [0.29, 0.717) is 12.1 Å². The maximum Gasteiger partial charge on any atom is 0.255 e. The molecular weight excluding hydrogens is 366 g/mol. The summed E-state index contributed by atoms with van der Waals surface area (Å²) in [5.74, 6) is 0.804. The molecule has 1 aliphatic rings. The van der Waals surface area contributed by atoms with Gasteiger partial charge in [0.1, 0.15) is 11.9 Å². The van der Waals surface area contributed by atoms with Gasteiger partial charge in [-0.3, -0.25) is 4.79 Å². The van der Waals surface area contributed by atoms with Gasteiger partial charge in [0.05, 0.1) is 30.5 Å². The Labute approximate surface area is 170 Å². The summed E-state index contributed by atoms with van der Waals surface area (Å²) in [6, 6.07) is 10.1. The highest BCUT2D eigenvalue weighted by Gasteiger charge is 2.27. The first-order valence-electron chi connectivity index (χ1n) is 10.1. The number of pyridine rings is 1.